The maximum absolute atomic E-state index is 2.56. The van der Waals surface area contributed by atoms with Gasteiger partial charge in [-0.2, -0.15) is 0 Å². The van der Waals surface area contributed by atoms with Crippen molar-refractivity contribution in [3.8, 4) is 66.8 Å². The van der Waals surface area contributed by atoms with Crippen LogP contribution in [-0.2, 0) is 10.8 Å². The maximum Gasteiger partial charge on any atom is 0.0746 e. The highest BCUT2D eigenvalue weighted by Crippen LogP contribution is 2.66. The van der Waals surface area contributed by atoms with Crippen molar-refractivity contribution in [3.05, 3.63) is 342 Å². The largest absolute Gasteiger partial charge is 0.310 e. The van der Waals surface area contributed by atoms with Gasteiger partial charge in [0.25, 0.3) is 0 Å². The number of nitrogens with zero attached hydrogens (tertiary/aromatic N) is 1. The summed E-state index contributed by atoms with van der Waals surface area (Å²) in [6.07, 6.45) is 0. The summed E-state index contributed by atoms with van der Waals surface area (Å²) in [6, 6.07) is 111. The van der Waals surface area contributed by atoms with Gasteiger partial charge in [0, 0.05) is 16.9 Å². The molecule has 0 aliphatic heterocycles. The molecule has 0 N–H and O–H groups in total. The van der Waals surface area contributed by atoms with E-state index in [4.69, 9.17) is 0 Å². The van der Waals surface area contributed by atoms with E-state index >= 15 is 0 Å². The van der Waals surface area contributed by atoms with E-state index in [1.807, 2.05) is 0 Å². The van der Waals surface area contributed by atoms with E-state index in [0.29, 0.717) is 0 Å². The van der Waals surface area contributed by atoms with Gasteiger partial charge in [-0.05, 0) is 154 Å². The lowest BCUT2D eigenvalue weighted by Gasteiger charge is -2.36. The molecule has 0 radical (unpaired) electrons. The zero-order valence-electron chi connectivity index (χ0n) is 41.2. The van der Waals surface area contributed by atoms with Gasteiger partial charge in [-0.25, -0.2) is 0 Å². The van der Waals surface area contributed by atoms with Crippen LogP contribution in [0.3, 0.4) is 0 Å². The summed E-state index contributed by atoms with van der Waals surface area (Å²) in [7, 11) is 0. The fourth-order valence-electron chi connectivity index (χ4n) is 13.5. The van der Waals surface area contributed by atoms with Gasteiger partial charge in [0.15, 0.2) is 0 Å². The fourth-order valence-corrected chi connectivity index (χ4v) is 13.5. The Hall–Kier alpha value is -9.56. The lowest BCUT2D eigenvalue weighted by Crippen LogP contribution is -2.29. The summed E-state index contributed by atoms with van der Waals surface area (Å²) < 4.78 is 0. The molecule has 0 saturated carbocycles. The van der Waals surface area contributed by atoms with Gasteiger partial charge in [-0.3, -0.25) is 0 Å². The summed E-state index contributed by atoms with van der Waals surface area (Å²) in [4.78, 5) is 2.56. The van der Waals surface area contributed by atoms with Crippen LogP contribution in [-0.4, -0.2) is 0 Å². The summed E-state index contributed by atoms with van der Waals surface area (Å²) in [5, 5.41) is 0. The number of rotatable bonds is 8. The van der Waals surface area contributed by atoms with Gasteiger partial charge >= 0.3 is 0 Å². The van der Waals surface area contributed by atoms with Gasteiger partial charge in [-0.1, -0.05) is 249 Å². The molecule has 0 saturated heterocycles. The Kier molecular flexibility index (Phi) is 9.77. The molecule has 1 spiro atoms. The average Bonchev–Trinajstić information content (AvgIpc) is 4.10. The monoisotopic (exact) mass is 951 g/mol. The first-order valence-electron chi connectivity index (χ1n) is 26.2. The van der Waals surface area contributed by atoms with Crippen LogP contribution >= 0.6 is 0 Å². The third-order valence-electron chi connectivity index (χ3n) is 16.5. The molecule has 0 amide bonds. The van der Waals surface area contributed by atoms with E-state index in [-0.39, 0.29) is 0 Å². The standard InChI is InChI=1S/C74H49N/c1-5-22-50(23-6-1)53-46-54(51-24-7-2-8-25-51)48-55(47-53)52-40-42-58(43-41-52)75(59-44-45-70-65(49-59)63-33-16-17-35-66(63)73(70,56-26-9-3-10-27-56)57-28-11-4-12-29-57)71-39-21-34-64-62-32-15-20-38-69(62)74(72(64)71)67-36-18-13-30-60(67)61-31-14-19-37-68(61)74/h1-49H. The summed E-state index contributed by atoms with van der Waals surface area (Å²) in [6.45, 7) is 0. The highest BCUT2D eigenvalue weighted by molar-refractivity contribution is 6.00. The molecule has 1 nitrogen and oxygen atoms in total. The van der Waals surface area contributed by atoms with Gasteiger partial charge in [0.2, 0.25) is 0 Å². The number of hydrogen-bond donors (Lipinski definition) is 0. The first kappa shape index (κ1) is 43.1. The lowest BCUT2D eigenvalue weighted by atomic mass is 9.68. The number of fused-ring (bicyclic) bond motifs is 13. The quantitative estimate of drug-likeness (QED) is 0.147. The molecular weight excluding hydrogens is 903 g/mol. The Morgan fingerprint density at radius 3 is 1.07 bits per heavy atom. The van der Waals surface area contributed by atoms with Crippen molar-refractivity contribution in [2.24, 2.45) is 0 Å². The van der Waals surface area contributed by atoms with E-state index in [1.165, 1.54) is 106 Å². The normalized spacial score (nSPS) is 13.5. The molecule has 75 heavy (non-hydrogen) atoms. The number of benzene rings is 12. The Balaban J connectivity index is 0.984. The number of anilines is 3. The lowest BCUT2D eigenvalue weighted by molar-refractivity contribution is 0.768. The Bertz CT molecular complexity index is 4000. The molecule has 0 aromatic heterocycles. The zero-order valence-corrected chi connectivity index (χ0v) is 41.2. The van der Waals surface area contributed by atoms with Crippen molar-refractivity contribution < 1.29 is 0 Å². The molecular formula is C74H49N. The van der Waals surface area contributed by atoms with Crippen molar-refractivity contribution in [3.63, 3.8) is 0 Å². The van der Waals surface area contributed by atoms with Crippen LogP contribution in [0.2, 0.25) is 0 Å². The molecule has 0 fully saturated rings. The van der Waals surface area contributed by atoms with Gasteiger partial charge in [0.1, 0.15) is 0 Å². The van der Waals surface area contributed by atoms with Crippen LogP contribution in [0.15, 0.2) is 297 Å². The summed E-state index contributed by atoms with van der Waals surface area (Å²) in [5.74, 6) is 0. The van der Waals surface area contributed by atoms with E-state index in [1.54, 1.807) is 0 Å². The first-order valence-corrected chi connectivity index (χ1v) is 26.2. The predicted molar refractivity (Wildman–Crippen MR) is 311 cm³/mol. The Morgan fingerprint density at radius 2 is 0.573 bits per heavy atom. The first-order chi connectivity index (χ1) is 37.2. The van der Waals surface area contributed by atoms with Crippen molar-refractivity contribution in [2.75, 3.05) is 4.90 Å². The molecule has 0 atom stereocenters. The third kappa shape index (κ3) is 6.32. The molecule has 3 aliphatic rings. The number of hydrogen-bond acceptors (Lipinski definition) is 1. The highest BCUT2D eigenvalue weighted by Gasteiger charge is 2.53. The predicted octanol–water partition coefficient (Wildman–Crippen LogP) is 18.9. The van der Waals surface area contributed by atoms with Crippen molar-refractivity contribution in [2.45, 2.75) is 10.8 Å². The zero-order chi connectivity index (χ0) is 49.5. The van der Waals surface area contributed by atoms with E-state index < -0.39 is 10.8 Å². The minimum Gasteiger partial charge on any atom is -0.310 e. The maximum atomic E-state index is 2.56. The van der Waals surface area contributed by atoms with Crippen LogP contribution in [0.5, 0.6) is 0 Å². The second kappa shape index (κ2) is 17.0. The van der Waals surface area contributed by atoms with Crippen LogP contribution < -0.4 is 4.90 Å². The van der Waals surface area contributed by atoms with Gasteiger partial charge in [-0.15, -0.1) is 0 Å². The smallest absolute Gasteiger partial charge is 0.0746 e. The SMILES string of the molecule is c1ccc(-c2cc(-c3ccccc3)cc(-c3ccc(N(c4ccc5c(c4)-c4ccccc4C5(c4ccccc4)c4ccccc4)c4cccc5c4C4(c6ccccc6-c6ccccc64)c4ccccc4-5)cc3)c2)cc1. The molecule has 12 aromatic carbocycles. The van der Waals surface area contributed by atoms with Crippen LogP contribution in [0, 0.1) is 0 Å². The molecule has 12 aromatic rings. The summed E-state index contributed by atoms with van der Waals surface area (Å²) in [5.41, 5.74) is 27.4. The van der Waals surface area contributed by atoms with E-state index in [0.717, 1.165) is 22.6 Å². The fraction of sp³-hybridized carbons (Fsp3) is 0.0270. The van der Waals surface area contributed by atoms with E-state index in [2.05, 4.69) is 302 Å². The second-order valence-electron chi connectivity index (χ2n) is 20.3. The summed E-state index contributed by atoms with van der Waals surface area (Å²) >= 11 is 0. The average molecular weight is 952 g/mol. The van der Waals surface area contributed by atoms with Crippen molar-refractivity contribution in [1.29, 1.82) is 0 Å². The molecule has 350 valence electrons. The molecule has 0 unspecified atom stereocenters. The molecule has 3 aliphatic carbocycles. The minimum atomic E-state index is -0.557. The highest BCUT2D eigenvalue weighted by atomic mass is 15.1. The molecule has 15 rings (SSSR count). The van der Waals surface area contributed by atoms with Gasteiger partial charge < -0.3 is 4.90 Å². The second-order valence-corrected chi connectivity index (χ2v) is 20.3. The topological polar surface area (TPSA) is 3.24 Å². The van der Waals surface area contributed by atoms with Crippen LogP contribution in [0.1, 0.15) is 44.5 Å². The van der Waals surface area contributed by atoms with Crippen molar-refractivity contribution >= 4 is 17.1 Å². The Morgan fingerprint density at radius 1 is 0.213 bits per heavy atom. The molecule has 1 heteroatoms. The van der Waals surface area contributed by atoms with Crippen LogP contribution in [0.4, 0.5) is 17.1 Å². The van der Waals surface area contributed by atoms with Gasteiger partial charge in [0.05, 0.1) is 16.5 Å². The molecule has 0 bridgehead atoms. The third-order valence-corrected chi connectivity index (χ3v) is 16.5. The minimum absolute atomic E-state index is 0.511. The Labute approximate surface area is 439 Å². The van der Waals surface area contributed by atoms with Crippen LogP contribution in [0.25, 0.3) is 66.8 Å². The molecule has 0 heterocycles. The van der Waals surface area contributed by atoms with E-state index in [9.17, 15) is 0 Å². The van der Waals surface area contributed by atoms with Crippen molar-refractivity contribution in [1.82, 2.24) is 0 Å².